The molecule has 0 unspecified atom stereocenters. The Hall–Kier alpha value is -2.57. The van der Waals surface area contributed by atoms with Gasteiger partial charge in [0.1, 0.15) is 5.82 Å². The van der Waals surface area contributed by atoms with Crippen molar-refractivity contribution in [3.63, 3.8) is 0 Å². The number of urea groups is 1. The predicted molar refractivity (Wildman–Crippen MR) is 116 cm³/mol. The first kappa shape index (κ1) is 20.7. The first-order valence-corrected chi connectivity index (χ1v) is 10.6. The Morgan fingerprint density at radius 1 is 1.30 bits per heavy atom. The minimum Gasteiger partial charge on any atom is -0.382 e. The predicted octanol–water partition coefficient (Wildman–Crippen LogP) is 5.04. The number of aromatic nitrogens is 1. The molecule has 0 radical (unpaired) electrons. The number of ether oxygens (including phenoxy) is 1. The first-order chi connectivity index (χ1) is 14.6. The van der Waals surface area contributed by atoms with Gasteiger partial charge in [-0.2, -0.15) is 0 Å². The van der Waals surface area contributed by atoms with Gasteiger partial charge in [0.05, 0.1) is 6.04 Å². The highest BCUT2D eigenvalue weighted by Crippen LogP contribution is 2.39. The minimum absolute atomic E-state index is 0.136. The van der Waals surface area contributed by atoms with E-state index in [-0.39, 0.29) is 17.9 Å². The summed E-state index contributed by atoms with van der Waals surface area (Å²) in [6, 6.07) is 11.6. The van der Waals surface area contributed by atoms with E-state index >= 15 is 0 Å². The van der Waals surface area contributed by atoms with Gasteiger partial charge in [0.15, 0.2) is 0 Å². The maximum atomic E-state index is 13.6. The molecule has 1 atom stereocenters. The molecule has 4 rings (SSSR count). The van der Waals surface area contributed by atoms with Crippen molar-refractivity contribution in [2.75, 3.05) is 26.3 Å². The van der Waals surface area contributed by atoms with E-state index in [1.54, 1.807) is 12.1 Å². The third-order valence-corrected chi connectivity index (χ3v) is 5.72. The molecular formula is C23H25ClFN3O2. The molecule has 2 aromatic carbocycles. The number of nitrogens with one attached hydrogen (secondary N) is 2. The van der Waals surface area contributed by atoms with Crippen LogP contribution in [0.15, 0.2) is 42.5 Å². The summed E-state index contributed by atoms with van der Waals surface area (Å²) in [4.78, 5) is 18.3. The number of benzene rings is 2. The average molecular weight is 430 g/mol. The van der Waals surface area contributed by atoms with Crippen LogP contribution in [0.3, 0.4) is 0 Å². The standard InChI is InChI=1S/C23H25ClFN3O2/c1-2-30-13-3-11-26-23(29)28-12-10-18-19-14-16(24)6-9-20(19)27-21(18)22(28)15-4-7-17(25)8-5-15/h4-9,14,22,27H,2-3,10-13H2,1H3,(H,26,29)/t22-/m1/s1. The molecule has 1 aliphatic heterocycles. The Morgan fingerprint density at radius 3 is 2.87 bits per heavy atom. The summed E-state index contributed by atoms with van der Waals surface area (Å²) >= 11 is 6.22. The van der Waals surface area contributed by atoms with Gasteiger partial charge in [-0.25, -0.2) is 9.18 Å². The van der Waals surface area contributed by atoms with Gasteiger partial charge in [-0.05, 0) is 61.2 Å². The molecule has 1 aliphatic rings. The van der Waals surface area contributed by atoms with E-state index in [1.807, 2.05) is 30.0 Å². The van der Waals surface area contributed by atoms with Gasteiger partial charge < -0.3 is 19.9 Å². The molecular weight excluding hydrogens is 405 g/mol. The Labute approximate surface area is 180 Å². The second kappa shape index (κ2) is 9.06. The summed E-state index contributed by atoms with van der Waals surface area (Å²) in [5.41, 5.74) is 3.95. The van der Waals surface area contributed by atoms with Crippen LogP contribution in [0, 0.1) is 5.82 Å². The van der Waals surface area contributed by atoms with Gasteiger partial charge in [0.25, 0.3) is 0 Å². The number of halogens is 2. The molecule has 0 saturated heterocycles. The maximum Gasteiger partial charge on any atom is 0.318 e. The monoisotopic (exact) mass is 429 g/mol. The lowest BCUT2D eigenvalue weighted by molar-refractivity contribution is 0.143. The molecule has 3 aromatic rings. The highest BCUT2D eigenvalue weighted by atomic mass is 35.5. The molecule has 158 valence electrons. The zero-order valence-corrected chi connectivity index (χ0v) is 17.6. The van der Waals surface area contributed by atoms with Crippen LogP contribution in [0.5, 0.6) is 0 Å². The molecule has 2 amide bonds. The second-order valence-electron chi connectivity index (χ2n) is 7.39. The number of carbonyl (C=O) groups is 1. The summed E-state index contributed by atoms with van der Waals surface area (Å²) in [5, 5.41) is 4.74. The molecule has 30 heavy (non-hydrogen) atoms. The number of hydrogen-bond donors (Lipinski definition) is 2. The third kappa shape index (κ3) is 4.16. The van der Waals surface area contributed by atoms with Gasteiger partial charge in [0.2, 0.25) is 0 Å². The molecule has 0 bridgehead atoms. The van der Waals surface area contributed by atoms with Crippen molar-refractivity contribution >= 4 is 28.5 Å². The quantitative estimate of drug-likeness (QED) is 0.539. The molecule has 7 heteroatoms. The highest BCUT2D eigenvalue weighted by Gasteiger charge is 2.34. The fourth-order valence-electron chi connectivity index (χ4n) is 4.09. The number of nitrogens with zero attached hydrogens (tertiary/aromatic N) is 1. The van der Waals surface area contributed by atoms with Crippen LogP contribution in [0.2, 0.25) is 5.02 Å². The van der Waals surface area contributed by atoms with Crippen LogP contribution in [-0.2, 0) is 11.2 Å². The van der Waals surface area contributed by atoms with Gasteiger partial charge in [-0.15, -0.1) is 0 Å². The van der Waals surface area contributed by atoms with Crippen molar-refractivity contribution in [3.05, 3.63) is 70.1 Å². The second-order valence-corrected chi connectivity index (χ2v) is 7.82. The third-order valence-electron chi connectivity index (χ3n) is 5.48. The van der Waals surface area contributed by atoms with E-state index in [1.165, 1.54) is 12.1 Å². The maximum absolute atomic E-state index is 13.6. The molecule has 1 aromatic heterocycles. The Bertz CT molecular complexity index is 1030. The number of carbonyl (C=O) groups excluding carboxylic acids is 1. The zero-order chi connectivity index (χ0) is 21.1. The molecule has 0 saturated carbocycles. The molecule has 5 nitrogen and oxygen atoms in total. The van der Waals surface area contributed by atoms with Crippen LogP contribution >= 0.6 is 11.6 Å². The van der Waals surface area contributed by atoms with Crippen LogP contribution < -0.4 is 5.32 Å². The fourth-order valence-corrected chi connectivity index (χ4v) is 4.26. The molecule has 2 heterocycles. The number of fused-ring (bicyclic) bond motifs is 3. The van der Waals surface area contributed by atoms with E-state index in [9.17, 15) is 9.18 Å². The van der Waals surface area contributed by atoms with Crippen molar-refractivity contribution in [2.24, 2.45) is 0 Å². The number of hydrogen-bond acceptors (Lipinski definition) is 2. The minimum atomic E-state index is -0.326. The zero-order valence-electron chi connectivity index (χ0n) is 16.9. The molecule has 2 N–H and O–H groups in total. The summed E-state index contributed by atoms with van der Waals surface area (Å²) < 4.78 is 18.9. The van der Waals surface area contributed by atoms with Crippen molar-refractivity contribution in [1.29, 1.82) is 0 Å². The number of amides is 2. The Kier molecular flexibility index (Phi) is 6.25. The summed E-state index contributed by atoms with van der Waals surface area (Å²) in [7, 11) is 0. The normalized spacial score (nSPS) is 16.0. The molecule has 0 spiro atoms. The topological polar surface area (TPSA) is 57.4 Å². The van der Waals surface area contributed by atoms with Crippen molar-refractivity contribution in [3.8, 4) is 0 Å². The molecule has 0 fully saturated rings. The van der Waals surface area contributed by atoms with E-state index in [4.69, 9.17) is 16.3 Å². The van der Waals surface area contributed by atoms with E-state index in [2.05, 4.69) is 10.3 Å². The number of aromatic amines is 1. The SMILES string of the molecule is CCOCCCNC(=O)N1CCc2c([nH]c3ccc(Cl)cc23)[C@H]1c1ccc(F)cc1. The van der Waals surface area contributed by atoms with Crippen molar-refractivity contribution < 1.29 is 13.9 Å². The lowest BCUT2D eigenvalue weighted by atomic mass is 9.92. The van der Waals surface area contributed by atoms with E-state index in [0.29, 0.717) is 31.3 Å². The number of H-pyrrole nitrogens is 1. The summed E-state index contributed by atoms with van der Waals surface area (Å²) in [6.45, 7) is 4.34. The molecule has 0 aliphatic carbocycles. The van der Waals surface area contributed by atoms with Crippen molar-refractivity contribution in [1.82, 2.24) is 15.2 Å². The van der Waals surface area contributed by atoms with Gasteiger partial charge in [-0.1, -0.05) is 23.7 Å². The average Bonchev–Trinajstić information content (AvgIpc) is 3.11. The summed E-state index contributed by atoms with van der Waals surface area (Å²) in [5.74, 6) is -0.301. The smallest absolute Gasteiger partial charge is 0.318 e. The van der Waals surface area contributed by atoms with Gasteiger partial charge >= 0.3 is 6.03 Å². The van der Waals surface area contributed by atoms with Gasteiger partial charge in [-0.3, -0.25) is 0 Å². The van der Waals surface area contributed by atoms with Crippen molar-refractivity contribution in [2.45, 2.75) is 25.8 Å². The van der Waals surface area contributed by atoms with E-state index in [0.717, 1.165) is 40.6 Å². The summed E-state index contributed by atoms with van der Waals surface area (Å²) in [6.07, 6.45) is 1.48. The largest absolute Gasteiger partial charge is 0.382 e. The Balaban J connectivity index is 1.66. The van der Waals surface area contributed by atoms with Crippen LogP contribution in [0.4, 0.5) is 9.18 Å². The highest BCUT2D eigenvalue weighted by molar-refractivity contribution is 6.31. The fraction of sp³-hybridized carbons (Fsp3) is 0.348. The first-order valence-electron chi connectivity index (χ1n) is 10.3. The lowest BCUT2D eigenvalue weighted by Gasteiger charge is -2.36. The van der Waals surface area contributed by atoms with Crippen LogP contribution in [-0.4, -0.2) is 42.2 Å². The van der Waals surface area contributed by atoms with Crippen LogP contribution in [0.1, 0.15) is 36.2 Å². The lowest BCUT2D eigenvalue weighted by Crippen LogP contribution is -2.46. The Morgan fingerprint density at radius 2 is 2.10 bits per heavy atom. The van der Waals surface area contributed by atoms with Gasteiger partial charge in [0, 0.05) is 47.9 Å². The number of rotatable bonds is 6. The van der Waals surface area contributed by atoms with Crippen LogP contribution in [0.25, 0.3) is 10.9 Å². The van der Waals surface area contributed by atoms with E-state index < -0.39 is 0 Å².